The molecule has 0 aromatic heterocycles. The Bertz CT molecular complexity index is 448. The fraction of sp³-hybridized carbons (Fsp3) is 0.111. The fourth-order valence-corrected chi connectivity index (χ4v) is 0.770. The molecule has 0 saturated heterocycles. The lowest BCUT2D eigenvalue weighted by Gasteiger charge is -1.69. The lowest BCUT2D eigenvalue weighted by molar-refractivity contribution is 0.562. The summed E-state index contributed by atoms with van der Waals surface area (Å²) in [4.78, 5) is 33.4. The van der Waals surface area contributed by atoms with Crippen LogP contribution in [0.1, 0.15) is 14.9 Å². The van der Waals surface area contributed by atoms with Crippen LogP contribution in [0.3, 0.4) is 0 Å². The van der Waals surface area contributed by atoms with Gasteiger partial charge in [0, 0.05) is 0 Å². The Balaban J connectivity index is -0.0000000474. The van der Waals surface area contributed by atoms with Gasteiger partial charge < -0.3 is 0 Å². The van der Waals surface area contributed by atoms with Crippen LogP contribution in [0.15, 0.2) is 72.8 Å². The summed E-state index contributed by atoms with van der Waals surface area (Å²) in [5, 5.41) is 21.6. The Kier molecular flexibility index (Phi) is 85.0. The van der Waals surface area contributed by atoms with Crippen LogP contribution in [0.4, 0.5) is 0 Å². The molecule has 0 fully saturated rings. The third-order valence-electron chi connectivity index (χ3n) is 1.33. The van der Waals surface area contributed by atoms with E-state index < -0.39 is 0 Å². The maximum absolute atomic E-state index is 8.35. The molecule has 0 bridgehead atoms. The molecule has 26 heavy (non-hydrogen) atoms. The zero-order valence-corrected chi connectivity index (χ0v) is 12.6. The van der Waals surface area contributed by atoms with Gasteiger partial charge in [-0.05, 0) is 0 Å². The van der Waals surface area contributed by atoms with Gasteiger partial charge in [0.2, 0.25) is 24.3 Å². The van der Waals surface area contributed by atoms with E-state index in [1.165, 1.54) is 0 Å². The van der Waals surface area contributed by atoms with Gasteiger partial charge in [0.15, 0.2) is 0 Å². The summed E-state index contributed by atoms with van der Waals surface area (Å²) < 4.78 is 0. The molecule has 0 aliphatic carbocycles. The SMILES string of the molecule is C.C.N=C=O.N=C=O.N=C=O.N=C=O.c1ccccc1.c1ccccc1. The first-order valence-electron chi connectivity index (χ1n) is 5.82. The second-order valence-corrected chi connectivity index (χ2v) is 2.72. The molecule has 0 saturated carbocycles. The summed E-state index contributed by atoms with van der Waals surface area (Å²) in [6.45, 7) is 0. The van der Waals surface area contributed by atoms with Crippen molar-refractivity contribution in [3.63, 3.8) is 0 Å². The van der Waals surface area contributed by atoms with E-state index in [0.29, 0.717) is 0 Å². The number of rotatable bonds is 0. The number of nitrogens with one attached hydrogen (secondary N) is 4. The Morgan fingerprint density at radius 3 is 0.423 bits per heavy atom. The first-order valence-corrected chi connectivity index (χ1v) is 5.82. The minimum atomic E-state index is 0. The lowest BCUT2D eigenvalue weighted by atomic mass is 10.4. The molecule has 0 amide bonds. The summed E-state index contributed by atoms with van der Waals surface area (Å²) in [5.74, 6) is 0. The van der Waals surface area contributed by atoms with Gasteiger partial charge in [0.05, 0.1) is 0 Å². The normalized spacial score (nSPS) is 4.92. The van der Waals surface area contributed by atoms with E-state index in [4.69, 9.17) is 40.8 Å². The number of hydrogen-bond donors (Lipinski definition) is 4. The molecule has 8 heteroatoms. The van der Waals surface area contributed by atoms with Gasteiger partial charge in [-0.3, -0.25) is 0 Å². The second-order valence-electron chi connectivity index (χ2n) is 2.72. The van der Waals surface area contributed by atoms with Gasteiger partial charge in [-0.1, -0.05) is 87.6 Å². The van der Waals surface area contributed by atoms with Crippen molar-refractivity contribution in [1.82, 2.24) is 0 Å². The van der Waals surface area contributed by atoms with Crippen molar-refractivity contribution in [1.29, 1.82) is 21.6 Å². The predicted molar refractivity (Wildman–Crippen MR) is 100.0 cm³/mol. The van der Waals surface area contributed by atoms with Gasteiger partial charge in [0.25, 0.3) is 0 Å². The molecule has 8 nitrogen and oxygen atoms in total. The summed E-state index contributed by atoms with van der Waals surface area (Å²) in [5.41, 5.74) is 0. The average molecular weight is 360 g/mol. The monoisotopic (exact) mass is 360 g/mol. The Labute approximate surface area is 153 Å². The molecule has 0 spiro atoms. The summed E-state index contributed by atoms with van der Waals surface area (Å²) >= 11 is 0. The smallest absolute Gasteiger partial charge is 0.222 e. The number of hydrogen-bond acceptors (Lipinski definition) is 8. The van der Waals surface area contributed by atoms with Crippen molar-refractivity contribution in [3.05, 3.63) is 72.8 Å². The van der Waals surface area contributed by atoms with Crippen LogP contribution in [0.5, 0.6) is 0 Å². The highest BCUT2D eigenvalue weighted by Crippen LogP contribution is 1.80. The molecule has 0 atom stereocenters. The zero-order valence-electron chi connectivity index (χ0n) is 12.6. The van der Waals surface area contributed by atoms with E-state index in [9.17, 15) is 0 Å². The third-order valence-corrected chi connectivity index (χ3v) is 1.33. The first kappa shape index (κ1) is 37.9. The quantitative estimate of drug-likeness (QED) is 0.408. The average Bonchev–Trinajstić information content (AvgIpc) is 2.61. The first-order chi connectivity index (χ1) is 11.7. The lowest BCUT2D eigenvalue weighted by Crippen LogP contribution is -1.47. The van der Waals surface area contributed by atoms with Crippen molar-refractivity contribution in [3.8, 4) is 0 Å². The maximum atomic E-state index is 8.35. The Morgan fingerprint density at radius 2 is 0.385 bits per heavy atom. The molecule has 2 aromatic rings. The van der Waals surface area contributed by atoms with Crippen LogP contribution < -0.4 is 0 Å². The van der Waals surface area contributed by atoms with Crippen LogP contribution >= 0.6 is 0 Å². The van der Waals surface area contributed by atoms with Crippen molar-refractivity contribution in [2.24, 2.45) is 0 Å². The van der Waals surface area contributed by atoms with Crippen LogP contribution in [-0.4, -0.2) is 24.3 Å². The van der Waals surface area contributed by atoms with Gasteiger partial charge in [0.1, 0.15) is 0 Å². The molecular weight excluding hydrogens is 336 g/mol. The highest BCUT2D eigenvalue weighted by molar-refractivity contribution is 5.26. The van der Waals surface area contributed by atoms with Crippen molar-refractivity contribution >= 4 is 24.3 Å². The van der Waals surface area contributed by atoms with E-state index in [1.807, 2.05) is 72.8 Å². The maximum Gasteiger partial charge on any atom is 0.231 e. The highest BCUT2D eigenvalue weighted by atomic mass is 16.1. The molecule has 140 valence electrons. The van der Waals surface area contributed by atoms with E-state index >= 15 is 0 Å². The molecule has 0 aliphatic rings. The molecule has 0 unspecified atom stereocenters. The summed E-state index contributed by atoms with van der Waals surface area (Å²) in [7, 11) is 0. The van der Waals surface area contributed by atoms with Gasteiger partial charge in [-0.25, -0.2) is 40.8 Å². The van der Waals surface area contributed by atoms with Crippen LogP contribution in [0.25, 0.3) is 0 Å². The number of benzene rings is 2. The van der Waals surface area contributed by atoms with E-state index in [1.54, 1.807) is 0 Å². The fourth-order valence-electron chi connectivity index (χ4n) is 0.770. The summed E-state index contributed by atoms with van der Waals surface area (Å²) in [6, 6.07) is 24.0. The molecular formula is C18H24N4O4. The van der Waals surface area contributed by atoms with E-state index in [-0.39, 0.29) is 14.9 Å². The molecule has 0 radical (unpaired) electrons. The van der Waals surface area contributed by atoms with Gasteiger partial charge >= 0.3 is 0 Å². The van der Waals surface area contributed by atoms with Crippen LogP contribution in [-0.2, 0) is 19.2 Å². The van der Waals surface area contributed by atoms with E-state index in [2.05, 4.69) is 0 Å². The minimum absolute atomic E-state index is 0. The minimum Gasteiger partial charge on any atom is -0.222 e. The molecule has 2 aromatic carbocycles. The molecule has 0 aliphatic heterocycles. The van der Waals surface area contributed by atoms with Crippen LogP contribution in [0, 0.1) is 21.6 Å². The standard InChI is InChI=1S/2C6H6.4CHNO.2CH4/c2*1-2-4-6-5-3-1;4*2-1-3;;/h2*1-6H;4*2H;2*1H4. The topological polar surface area (TPSA) is 164 Å². The highest BCUT2D eigenvalue weighted by Gasteiger charge is 1.58. The zero-order chi connectivity index (χ0) is 19.3. The van der Waals surface area contributed by atoms with Gasteiger partial charge in [-0.2, -0.15) is 0 Å². The van der Waals surface area contributed by atoms with Crippen molar-refractivity contribution in [2.45, 2.75) is 14.9 Å². The second kappa shape index (κ2) is 58.4. The molecule has 4 N–H and O–H groups in total. The van der Waals surface area contributed by atoms with Crippen molar-refractivity contribution < 1.29 is 19.2 Å². The van der Waals surface area contributed by atoms with Crippen LogP contribution in [0.2, 0.25) is 0 Å². The molecule has 2 rings (SSSR count). The Morgan fingerprint density at radius 1 is 0.346 bits per heavy atom. The van der Waals surface area contributed by atoms with Gasteiger partial charge in [-0.15, -0.1) is 0 Å². The summed E-state index contributed by atoms with van der Waals surface area (Å²) in [6.07, 6.45) is 3.00. The molecule has 0 heterocycles. The number of isocyanates is 4. The predicted octanol–water partition coefficient (Wildman–Crippen LogP) is 4.25. The largest absolute Gasteiger partial charge is 0.231 e. The Hall–Kier alpha value is -4.04. The van der Waals surface area contributed by atoms with E-state index in [0.717, 1.165) is 24.3 Å². The number of carbonyl (C=O) groups excluding carboxylic acids is 4. The third kappa shape index (κ3) is 113. The van der Waals surface area contributed by atoms with Crippen molar-refractivity contribution in [2.75, 3.05) is 0 Å².